The van der Waals surface area contributed by atoms with Crippen molar-refractivity contribution < 1.29 is 14.7 Å². The zero-order chi connectivity index (χ0) is 15.6. The van der Waals surface area contributed by atoms with Crippen LogP contribution in [0.4, 0.5) is 0 Å². The Bertz CT molecular complexity index is 571. The van der Waals surface area contributed by atoms with Crippen molar-refractivity contribution in [3.63, 3.8) is 0 Å². The molecule has 1 aliphatic heterocycles. The molecular weight excluding hydrogens is 268 g/mol. The molecule has 0 aliphatic carbocycles. The van der Waals surface area contributed by atoms with Gasteiger partial charge in [-0.3, -0.25) is 14.5 Å². The van der Waals surface area contributed by atoms with Gasteiger partial charge in [0.15, 0.2) is 0 Å². The maximum Gasteiger partial charge on any atom is 0.324 e. The summed E-state index contributed by atoms with van der Waals surface area (Å²) in [6.45, 7) is 5.23. The summed E-state index contributed by atoms with van der Waals surface area (Å²) in [7, 11) is 0. The summed E-state index contributed by atoms with van der Waals surface area (Å²) >= 11 is 0. The number of rotatable bonds is 5. The molecule has 0 saturated carbocycles. The number of hydrogen-bond donors (Lipinski definition) is 2. The fraction of sp³-hybridized carbons (Fsp3) is 0.500. The Hall–Kier alpha value is -1.88. The number of carbonyl (C=O) groups is 2. The van der Waals surface area contributed by atoms with Crippen molar-refractivity contribution in [2.24, 2.45) is 5.73 Å². The van der Waals surface area contributed by atoms with Crippen molar-refractivity contribution in [2.45, 2.75) is 45.2 Å². The van der Waals surface area contributed by atoms with E-state index >= 15 is 0 Å². The molecule has 114 valence electrons. The van der Waals surface area contributed by atoms with E-state index in [9.17, 15) is 14.7 Å². The molecule has 5 heteroatoms. The predicted octanol–water partition coefficient (Wildman–Crippen LogP) is 1.92. The third kappa shape index (κ3) is 2.78. The molecule has 1 unspecified atom stereocenters. The van der Waals surface area contributed by atoms with E-state index in [1.54, 1.807) is 12.1 Å². The van der Waals surface area contributed by atoms with Gasteiger partial charge < -0.3 is 10.8 Å². The third-order valence-corrected chi connectivity index (χ3v) is 4.60. The second-order valence-electron chi connectivity index (χ2n) is 5.72. The van der Waals surface area contributed by atoms with Crippen LogP contribution in [0.25, 0.3) is 0 Å². The van der Waals surface area contributed by atoms with Gasteiger partial charge >= 0.3 is 5.97 Å². The van der Waals surface area contributed by atoms with Crippen LogP contribution in [0.15, 0.2) is 18.2 Å². The first kappa shape index (κ1) is 15.5. The van der Waals surface area contributed by atoms with Gasteiger partial charge in [-0.2, -0.15) is 0 Å². The summed E-state index contributed by atoms with van der Waals surface area (Å²) in [6.07, 6.45) is 2.19. The van der Waals surface area contributed by atoms with Crippen molar-refractivity contribution in [3.05, 3.63) is 34.9 Å². The number of carboxylic acid groups (broad SMARTS) is 1. The molecule has 1 heterocycles. The van der Waals surface area contributed by atoms with Gasteiger partial charge in [-0.15, -0.1) is 0 Å². The molecule has 0 radical (unpaired) electrons. The lowest BCUT2D eigenvalue weighted by molar-refractivity contribution is -0.150. The maximum absolute atomic E-state index is 11.7. The molecule has 1 amide bonds. The molecule has 2 rings (SSSR count). The minimum Gasteiger partial charge on any atom is -0.480 e. The number of aryl methyl sites for hydroxylation is 1. The van der Waals surface area contributed by atoms with Crippen LogP contribution in [-0.2, 0) is 11.3 Å². The van der Waals surface area contributed by atoms with Crippen molar-refractivity contribution in [2.75, 3.05) is 6.54 Å². The van der Waals surface area contributed by atoms with Crippen molar-refractivity contribution >= 4 is 11.9 Å². The highest BCUT2D eigenvalue weighted by Crippen LogP contribution is 2.34. The fourth-order valence-electron chi connectivity index (χ4n) is 3.19. The lowest BCUT2D eigenvalue weighted by Crippen LogP contribution is -2.49. The molecular formula is C16H22N2O3. The second-order valence-corrected chi connectivity index (χ2v) is 5.72. The van der Waals surface area contributed by atoms with Crippen molar-refractivity contribution in [3.8, 4) is 0 Å². The largest absolute Gasteiger partial charge is 0.480 e. The van der Waals surface area contributed by atoms with Crippen LogP contribution in [0, 0.1) is 6.92 Å². The number of nitrogens with two attached hydrogens (primary N) is 1. The average molecular weight is 290 g/mol. The van der Waals surface area contributed by atoms with Gasteiger partial charge in [0.2, 0.25) is 5.91 Å². The van der Waals surface area contributed by atoms with Gasteiger partial charge in [-0.05, 0) is 56.0 Å². The SMILES string of the molecule is CCC1(C(=O)O)CCCN1Cc1ccc(C(N)=O)cc1C. The first-order chi connectivity index (χ1) is 9.90. The first-order valence-corrected chi connectivity index (χ1v) is 7.28. The lowest BCUT2D eigenvalue weighted by Gasteiger charge is -2.34. The fourth-order valence-corrected chi connectivity index (χ4v) is 3.19. The number of primary amides is 1. The standard InChI is InChI=1S/C16H22N2O3/c1-3-16(15(20)21)7-4-8-18(16)10-13-6-5-12(14(17)19)9-11(13)2/h5-6,9H,3-4,7-8,10H2,1-2H3,(H2,17,19)(H,20,21). The number of hydrogen-bond acceptors (Lipinski definition) is 3. The lowest BCUT2D eigenvalue weighted by atomic mass is 9.92. The molecule has 5 nitrogen and oxygen atoms in total. The van der Waals surface area contributed by atoms with Crippen LogP contribution >= 0.6 is 0 Å². The highest BCUT2D eigenvalue weighted by Gasteiger charge is 2.45. The molecule has 3 N–H and O–H groups in total. The van der Waals surface area contributed by atoms with E-state index in [0.717, 1.165) is 24.1 Å². The van der Waals surface area contributed by atoms with E-state index in [-0.39, 0.29) is 0 Å². The molecule has 0 spiro atoms. The summed E-state index contributed by atoms with van der Waals surface area (Å²) in [6, 6.07) is 5.34. The number of likely N-dealkylation sites (tertiary alicyclic amines) is 1. The zero-order valence-corrected chi connectivity index (χ0v) is 12.6. The van der Waals surface area contributed by atoms with Crippen molar-refractivity contribution in [1.82, 2.24) is 4.90 Å². The van der Waals surface area contributed by atoms with Crippen LogP contribution in [0.2, 0.25) is 0 Å². The van der Waals surface area contributed by atoms with E-state index < -0.39 is 17.4 Å². The maximum atomic E-state index is 11.7. The number of nitrogens with zero attached hydrogens (tertiary/aromatic N) is 1. The summed E-state index contributed by atoms with van der Waals surface area (Å²) in [5.41, 5.74) is 7.01. The molecule has 1 aromatic carbocycles. The van der Waals surface area contributed by atoms with Crippen LogP contribution < -0.4 is 5.73 Å². The number of amides is 1. The highest BCUT2D eigenvalue weighted by molar-refractivity contribution is 5.93. The average Bonchev–Trinajstić information content (AvgIpc) is 2.84. The van der Waals surface area contributed by atoms with Crippen LogP contribution in [0.1, 0.15) is 47.7 Å². The Balaban J connectivity index is 2.25. The van der Waals surface area contributed by atoms with E-state index in [2.05, 4.69) is 0 Å². The summed E-state index contributed by atoms with van der Waals surface area (Å²) < 4.78 is 0. The topological polar surface area (TPSA) is 83.6 Å². The van der Waals surface area contributed by atoms with Crippen LogP contribution in [0.5, 0.6) is 0 Å². The third-order valence-electron chi connectivity index (χ3n) is 4.60. The van der Waals surface area contributed by atoms with Crippen LogP contribution in [-0.4, -0.2) is 34.0 Å². The van der Waals surface area contributed by atoms with Crippen LogP contribution in [0.3, 0.4) is 0 Å². The summed E-state index contributed by atoms with van der Waals surface area (Å²) in [5.74, 6) is -1.19. The quantitative estimate of drug-likeness (QED) is 0.868. The molecule has 1 atom stereocenters. The van der Waals surface area contributed by atoms with E-state index in [0.29, 0.717) is 24.9 Å². The minimum atomic E-state index is -0.755. The van der Waals surface area contributed by atoms with E-state index in [1.165, 1.54) is 0 Å². The minimum absolute atomic E-state index is 0.445. The predicted molar refractivity (Wildman–Crippen MR) is 80.0 cm³/mol. The molecule has 21 heavy (non-hydrogen) atoms. The zero-order valence-electron chi connectivity index (χ0n) is 12.6. The Morgan fingerprint density at radius 2 is 2.14 bits per heavy atom. The van der Waals surface area contributed by atoms with Gasteiger partial charge in [0.1, 0.15) is 5.54 Å². The summed E-state index contributed by atoms with van der Waals surface area (Å²) in [5, 5.41) is 9.60. The van der Waals surface area contributed by atoms with E-state index in [1.807, 2.05) is 24.8 Å². The van der Waals surface area contributed by atoms with Gasteiger partial charge in [-0.25, -0.2) is 0 Å². The van der Waals surface area contributed by atoms with Crippen molar-refractivity contribution in [1.29, 1.82) is 0 Å². The van der Waals surface area contributed by atoms with Gasteiger partial charge in [-0.1, -0.05) is 13.0 Å². The number of carbonyl (C=O) groups excluding carboxylic acids is 1. The molecule has 0 bridgehead atoms. The van der Waals surface area contributed by atoms with Gasteiger partial charge in [0.25, 0.3) is 0 Å². The molecule has 1 aliphatic rings. The molecule has 1 saturated heterocycles. The normalized spacial score (nSPS) is 22.4. The summed E-state index contributed by atoms with van der Waals surface area (Å²) in [4.78, 5) is 24.9. The molecule has 0 aromatic heterocycles. The first-order valence-electron chi connectivity index (χ1n) is 7.28. The monoisotopic (exact) mass is 290 g/mol. The van der Waals surface area contributed by atoms with Gasteiger partial charge in [0, 0.05) is 12.1 Å². The Morgan fingerprint density at radius 1 is 1.43 bits per heavy atom. The number of aliphatic carboxylic acids is 1. The Morgan fingerprint density at radius 3 is 2.67 bits per heavy atom. The van der Waals surface area contributed by atoms with Gasteiger partial charge in [0.05, 0.1) is 0 Å². The second kappa shape index (κ2) is 5.85. The Labute approximate surface area is 124 Å². The molecule has 1 aromatic rings. The Kier molecular flexibility index (Phi) is 4.32. The number of carboxylic acids is 1. The van der Waals surface area contributed by atoms with E-state index in [4.69, 9.17) is 5.73 Å². The highest BCUT2D eigenvalue weighted by atomic mass is 16.4. The molecule has 1 fully saturated rings. The smallest absolute Gasteiger partial charge is 0.324 e. The number of benzene rings is 1.